The number of methoxy groups -OCH3 is 1. The predicted molar refractivity (Wildman–Crippen MR) is 129 cm³/mol. The molecule has 1 aromatic carbocycles. The van der Waals surface area contributed by atoms with Gasteiger partial charge in [0.15, 0.2) is 5.76 Å². The zero-order valence-electron chi connectivity index (χ0n) is 19.8. The molecule has 0 bridgehead atoms. The van der Waals surface area contributed by atoms with Gasteiger partial charge in [-0.2, -0.15) is 0 Å². The number of hydrogen-bond donors (Lipinski definition) is 1. The van der Waals surface area contributed by atoms with Crippen LogP contribution < -0.4 is 4.90 Å². The average Bonchev–Trinajstić information content (AvgIpc) is 2.79. The normalized spacial score (nSPS) is 16.4. The number of piperidine rings is 1. The number of rotatable bonds is 11. The molecular weight excluding hydrogens is 404 g/mol. The van der Waals surface area contributed by atoms with E-state index in [-0.39, 0.29) is 17.8 Å². The van der Waals surface area contributed by atoms with Crippen molar-refractivity contribution < 1.29 is 19.4 Å². The summed E-state index contributed by atoms with van der Waals surface area (Å²) in [5, 5.41) is 10.2. The number of allylic oxidation sites excluding steroid dienone is 2. The number of amides is 1. The minimum absolute atomic E-state index is 0.0170. The predicted octanol–water partition coefficient (Wildman–Crippen LogP) is 4.79. The Balaban J connectivity index is 2.02. The zero-order valence-corrected chi connectivity index (χ0v) is 19.8. The Morgan fingerprint density at radius 3 is 2.47 bits per heavy atom. The second kappa shape index (κ2) is 13.1. The van der Waals surface area contributed by atoms with Crippen LogP contribution in [0.3, 0.4) is 0 Å². The van der Waals surface area contributed by atoms with Crippen LogP contribution in [0.25, 0.3) is 0 Å². The molecule has 1 aliphatic rings. The molecule has 1 amide bonds. The largest absolute Gasteiger partial charge is 0.503 e. The van der Waals surface area contributed by atoms with Crippen molar-refractivity contribution in [2.45, 2.75) is 58.4 Å². The summed E-state index contributed by atoms with van der Waals surface area (Å²) in [5.74, 6) is -0.486. The lowest BCUT2D eigenvalue weighted by Gasteiger charge is -2.38. The Bertz CT molecular complexity index is 780. The quantitative estimate of drug-likeness (QED) is 0.231. The van der Waals surface area contributed by atoms with Gasteiger partial charge >= 0.3 is 5.97 Å². The van der Waals surface area contributed by atoms with Gasteiger partial charge in [0.1, 0.15) is 0 Å². The van der Waals surface area contributed by atoms with Gasteiger partial charge in [0, 0.05) is 31.2 Å². The lowest BCUT2D eigenvalue weighted by molar-refractivity contribution is -0.141. The number of aliphatic hydroxyl groups excluding tert-OH is 1. The summed E-state index contributed by atoms with van der Waals surface area (Å²) < 4.78 is 4.85. The lowest BCUT2D eigenvalue weighted by Crippen LogP contribution is -2.48. The molecule has 1 saturated heterocycles. The van der Waals surface area contributed by atoms with Gasteiger partial charge in [-0.1, -0.05) is 50.1 Å². The van der Waals surface area contributed by atoms with Crippen molar-refractivity contribution in [3.8, 4) is 0 Å². The van der Waals surface area contributed by atoms with Crippen LogP contribution in [-0.4, -0.2) is 54.7 Å². The van der Waals surface area contributed by atoms with Crippen LogP contribution in [0, 0.1) is 12.8 Å². The van der Waals surface area contributed by atoms with Crippen molar-refractivity contribution >= 4 is 17.6 Å². The zero-order chi connectivity index (χ0) is 23.5. The van der Waals surface area contributed by atoms with E-state index in [9.17, 15) is 14.7 Å². The van der Waals surface area contributed by atoms with Gasteiger partial charge in [-0.3, -0.25) is 9.59 Å². The van der Waals surface area contributed by atoms with Crippen molar-refractivity contribution in [3.63, 3.8) is 0 Å². The summed E-state index contributed by atoms with van der Waals surface area (Å²) >= 11 is 0. The van der Waals surface area contributed by atoms with Crippen molar-refractivity contribution in [2.24, 2.45) is 5.92 Å². The van der Waals surface area contributed by atoms with Crippen LogP contribution in [-0.2, 0) is 14.3 Å². The number of aliphatic hydroxyl groups is 1. The van der Waals surface area contributed by atoms with Gasteiger partial charge in [0.2, 0.25) is 0 Å². The highest BCUT2D eigenvalue weighted by molar-refractivity contribution is 6.04. The maximum absolute atomic E-state index is 13.0. The molecular formula is C26H38N2O4. The fourth-order valence-corrected chi connectivity index (χ4v) is 4.35. The van der Waals surface area contributed by atoms with Gasteiger partial charge in [0.05, 0.1) is 7.11 Å². The molecule has 1 fully saturated rings. The molecule has 0 saturated carbocycles. The molecule has 6 nitrogen and oxygen atoms in total. The number of anilines is 1. The van der Waals surface area contributed by atoms with E-state index in [0.29, 0.717) is 12.3 Å². The molecule has 32 heavy (non-hydrogen) atoms. The first kappa shape index (κ1) is 25.7. The third kappa shape index (κ3) is 7.52. The van der Waals surface area contributed by atoms with Crippen LogP contribution in [0.1, 0.15) is 51.0 Å². The number of hydrogen-bond acceptors (Lipinski definition) is 5. The first-order valence-electron chi connectivity index (χ1n) is 11.6. The summed E-state index contributed by atoms with van der Waals surface area (Å²) in [6, 6.07) is 7.84. The third-order valence-corrected chi connectivity index (χ3v) is 6.18. The Kier molecular flexibility index (Phi) is 10.5. The summed E-state index contributed by atoms with van der Waals surface area (Å²) in [4.78, 5) is 28.8. The van der Waals surface area contributed by atoms with Crippen LogP contribution in [0.15, 0.2) is 48.8 Å². The Morgan fingerprint density at radius 2 is 1.91 bits per heavy atom. The van der Waals surface area contributed by atoms with Crippen molar-refractivity contribution in [2.75, 3.05) is 31.6 Å². The molecule has 1 N–H and O–H groups in total. The van der Waals surface area contributed by atoms with Crippen molar-refractivity contribution in [1.82, 2.24) is 4.90 Å². The summed E-state index contributed by atoms with van der Waals surface area (Å²) in [7, 11) is 1.44. The summed E-state index contributed by atoms with van der Waals surface area (Å²) in [5.41, 5.74) is 1.92. The Labute approximate surface area is 192 Å². The maximum Gasteiger partial charge on any atom is 0.305 e. The van der Waals surface area contributed by atoms with E-state index in [4.69, 9.17) is 4.74 Å². The summed E-state index contributed by atoms with van der Waals surface area (Å²) in [6.07, 6.45) is 7.95. The smallest absolute Gasteiger partial charge is 0.305 e. The Hall–Kier alpha value is -2.60. The van der Waals surface area contributed by atoms with E-state index >= 15 is 0 Å². The molecule has 1 aromatic rings. The van der Waals surface area contributed by atoms with Crippen molar-refractivity contribution in [3.05, 3.63) is 54.3 Å². The molecule has 6 heteroatoms. The second-order valence-electron chi connectivity index (χ2n) is 8.59. The number of carbonyl (C=O) groups excluding carboxylic acids is 2. The molecule has 0 aliphatic carbocycles. The fourth-order valence-electron chi connectivity index (χ4n) is 4.35. The highest BCUT2D eigenvalue weighted by Gasteiger charge is 2.31. The number of esters is 1. The molecule has 0 aromatic heterocycles. The SMILES string of the molecule is C=C/C=C(\O)C(=O)N(c1ccc(C)cc1)C1CCN(CCC(CCC)CC(=O)OC)CC1. The standard InChI is InChI=1S/C26H38N2O4/c1-5-7-21(19-25(30)32-4)13-16-27-17-14-23(15-18-27)28(26(31)24(29)8-6-2)22-11-9-20(3)10-12-22/h6,8-12,21,23,29H,2,5,7,13-19H2,1,3-4H3/b24-8-. The van der Waals surface area contributed by atoms with E-state index < -0.39 is 5.91 Å². The minimum Gasteiger partial charge on any atom is -0.503 e. The number of likely N-dealkylation sites (tertiary alicyclic amines) is 1. The Morgan fingerprint density at radius 1 is 1.25 bits per heavy atom. The molecule has 1 unspecified atom stereocenters. The molecule has 0 spiro atoms. The fraction of sp³-hybridized carbons (Fsp3) is 0.538. The average molecular weight is 443 g/mol. The molecule has 1 heterocycles. The molecule has 2 rings (SSSR count). The molecule has 1 atom stereocenters. The molecule has 176 valence electrons. The number of nitrogens with zero attached hydrogens (tertiary/aromatic N) is 2. The highest BCUT2D eigenvalue weighted by atomic mass is 16.5. The number of carbonyl (C=O) groups is 2. The number of benzene rings is 1. The lowest BCUT2D eigenvalue weighted by atomic mass is 9.95. The monoisotopic (exact) mass is 442 g/mol. The van der Waals surface area contributed by atoms with Crippen LogP contribution in [0.2, 0.25) is 0 Å². The first-order chi connectivity index (χ1) is 15.4. The van der Waals surface area contributed by atoms with E-state index in [1.54, 1.807) is 4.90 Å². The minimum atomic E-state index is -0.395. The number of ether oxygens (including phenoxy) is 1. The summed E-state index contributed by atoms with van der Waals surface area (Å²) in [6.45, 7) is 10.4. The number of aryl methyl sites for hydroxylation is 1. The first-order valence-corrected chi connectivity index (χ1v) is 11.6. The van der Waals surface area contributed by atoms with Crippen LogP contribution in [0.4, 0.5) is 5.69 Å². The van der Waals surface area contributed by atoms with Crippen LogP contribution in [0.5, 0.6) is 0 Å². The van der Waals surface area contributed by atoms with Gasteiger partial charge in [0.25, 0.3) is 5.91 Å². The van der Waals surface area contributed by atoms with E-state index in [2.05, 4.69) is 18.4 Å². The van der Waals surface area contributed by atoms with Gasteiger partial charge in [-0.25, -0.2) is 0 Å². The molecule has 1 aliphatic heterocycles. The maximum atomic E-state index is 13.0. The van der Waals surface area contributed by atoms with Crippen LogP contribution >= 0.6 is 0 Å². The van der Waals surface area contributed by atoms with E-state index in [1.807, 2.05) is 31.2 Å². The second-order valence-corrected chi connectivity index (χ2v) is 8.59. The van der Waals surface area contributed by atoms with Gasteiger partial charge in [-0.15, -0.1) is 0 Å². The molecule has 0 radical (unpaired) electrons. The van der Waals surface area contributed by atoms with E-state index in [0.717, 1.165) is 63.0 Å². The van der Waals surface area contributed by atoms with E-state index in [1.165, 1.54) is 19.3 Å². The highest BCUT2D eigenvalue weighted by Crippen LogP contribution is 2.27. The van der Waals surface area contributed by atoms with Crippen molar-refractivity contribution in [1.29, 1.82) is 0 Å². The topological polar surface area (TPSA) is 70.1 Å². The third-order valence-electron chi connectivity index (χ3n) is 6.18. The van der Waals surface area contributed by atoms with Gasteiger partial charge < -0.3 is 19.6 Å². The van der Waals surface area contributed by atoms with Gasteiger partial charge in [-0.05, 0) is 56.9 Å².